The molecule has 1 fully saturated rings. The van der Waals surface area contributed by atoms with Crippen molar-refractivity contribution in [1.82, 2.24) is 5.32 Å². The van der Waals surface area contributed by atoms with E-state index in [1.165, 1.54) is 0 Å². The average Bonchev–Trinajstić information content (AvgIpc) is 3.47. The van der Waals surface area contributed by atoms with Crippen molar-refractivity contribution in [3.63, 3.8) is 0 Å². The van der Waals surface area contributed by atoms with Gasteiger partial charge in [-0.15, -0.1) is 0 Å². The smallest absolute Gasteiger partial charge is 0.319 e. The molecule has 1 saturated carbocycles. The maximum Gasteiger partial charge on any atom is 0.319 e. The van der Waals surface area contributed by atoms with E-state index in [0.29, 0.717) is 18.0 Å². The third-order valence-corrected chi connectivity index (χ3v) is 4.78. The van der Waals surface area contributed by atoms with Gasteiger partial charge in [-0.2, -0.15) is 0 Å². The van der Waals surface area contributed by atoms with Gasteiger partial charge in [0.05, 0.1) is 21.3 Å². The highest BCUT2D eigenvalue weighted by atomic mass is 16.5. The zero-order valence-corrected chi connectivity index (χ0v) is 15.3. The van der Waals surface area contributed by atoms with Gasteiger partial charge in [-0.1, -0.05) is 6.07 Å². The maximum absolute atomic E-state index is 12.2. The lowest BCUT2D eigenvalue weighted by Crippen LogP contribution is -2.35. The number of anilines is 1. The number of hydrogen-bond acceptors (Lipinski definition) is 4. The number of ether oxygens (including phenoxy) is 3. The van der Waals surface area contributed by atoms with Crippen LogP contribution in [0.2, 0.25) is 0 Å². The average molecular weight is 356 g/mol. The topological polar surface area (TPSA) is 68.8 Å². The third-order valence-electron chi connectivity index (χ3n) is 4.78. The molecule has 1 aliphatic rings. The van der Waals surface area contributed by atoms with Gasteiger partial charge in [0.2, 0.25) is 0 Å². The zero-order valence-electron chi connectivity index (χ0n) is 15.3. The highest BCUT2D eigenvalue weighted by molar-refractivity contribution is 5.89. The van der Waals surface area contributed by atoms with E-state index in [0.717, 1.165) is 29.8 Å². The van der Waals surface area contributed by atoms with Crippen LogP contribution in [0.25, 0.3) is 0 Å². The van der Waals surface area contributed by atoms with Crippen LogP contribution in [0.1, 0.15) is 18.4 Å². The Bertz CT molecular complexity index is 770. The standard InChI is InChI=1S/C20H24N2O4/c1-24-16-7-5-15(6-8-16)22-19(23)21-13-20(10-11-20)14-4-9-17(25-2)18(12-14)26-3/h4-9,12H,10-11,13H2,1-3H3,(H2,21,22,23). The molecule has 0 bridgehead atoms. The Hall–Kier alpha value is -2.89. The molecule has 6 heteroatoms. The highest BCUT2D eigenvalue weighted by Crippen LogP contribution is 2.49. The minimum Gasteiger partial charge on any atom is -0.497 e. The molecule has 1 aliphatic carbocycles. The number of nitrogens with one attached hydrogen (secondary N) is 2. The largest absolute Gasteiger partial charge is 0.497 e. The van der Waals surface area contributed by atoms with Crippen LogP contribution in [-0.4, -0.2) is 33.9 Å². The number of carbonyl (C=O) groups is 1. The van der Waals surface area contributed by atoms with Crippen LogP contribution >= 0.6 is 0 Å². The Labute approximate surface area is 153 Å². The minimum absolute atomic E-state index is 0.0310. The Balaban J connectivity index is 1.60. The first-order valence-corrected chi connectivity index (χ1v) is 8.51. The van der Waals surface area contributed by atoms with E-state index >= 15 is 0 Å². The summed E-state index contributed by atoms with van der Waals surface area (Å²) < 4.78 is 15.8. The molecule has 0 saturated heterocycles. The predicted molar refractivity (Wildman–Crippen MR) is 100 cm³/mol. The first kappa shape index (κ1) is 17.9. The first-order valence-electron chi connectivity index (χ1n) is 8.51. The monoisotopic (exact) mass is 356 g/mol. The summed E-state index contributed by atoms with van der Waals surface area (Å²) in [6, 6.07) is 12.9. The van der Waals surface area contributed by atoms with Crippen LogP contribution in [0.5, 0.6) is 17.2 Å². The van der Waals surface area contributed by atoms with E-state index in [-0.39, 0.29) is 11.4 Å². The van der Waals surface area contributed by atoms with E-state index in [9.17, 15) is 4.79 Å². The Morgan fingerprint density at radius 2 is 1.65 bits per heavy atom. The molecule has 0 heterocycles. The van der Waals surface area contributed by atoms with Crippen LogP contribution < -0.4 is 24.8 Å². The van der Waals surface area contributed by atoms with Gasteiger partial charge in [0.1, 0.15) is 5.75 Å². The number of methoxy groups -OCH3 is 3. The SMILES string of the molecule is COc1ccc(NC(=O)NCC2(c3ccc(OC)c(OC)c3)CC2)cc1. The number of hydrogen-bond donors (Lipinski definition) is 2. The molecule has 2 aromatic rings. The van der Waals surface area contributed by atoms with Crippen molar-refractivity contribution in [2.45, 2.75) is 18.3 Å². The number of amides is 2. The van der Waals surface area contributed by atoms with Gasteiger partial charge in [0, 0.05) is 17.6 Å². The molecule has 0 radical (unpaired) electrons. The molecule has 2 aromatic carbocycles. The third kappa shape index (κ3) is 3.85. The van der Waals surface area contributed by atoms with Gasteiger partial charge >= 0.3 is 6.03 Å². The lowest BCUT2D eigenvalue weighted by molar-refractivity contribution is 0.251. The fourth-order valence-electron chi connectivity index (χ4n) is 2.98. The maximum atomic E-state index is 12.2. The molecule has 2 amide bonds. The van der Waals surface area contributed by atoms with Crippen molar-refractivity contribution in [1.29, 1.82) is 0 Å². The molecule has 3 rings (SSSR count). The predicted octanol–water partition coefficient (Wildman–Crippen LogP) is 3.57. The van der Waals surface area contributed by atoms with Crippen molar-refractivity contribution in [2.75, 3.05) is 33.2 Å². The molecule has 0 aliphatic heterocycles. The fraction of sp³-hybridized carbons (Fsp3) is 0.350. The summed E-state index contributed by atoms with van der Waals surface area (Å²) in [7, 11) is 4.86. The van der Waals surface area contributed by atoms with E-state index in [1.54, 1.807) is 33.5 Å². The number of benzene rings is 2. The summed E-state index contributed by atoms with van der Waals surface area (Å²) in [6.07, 6.45) is 2.07. The second kappa shape index (κ2) is 7.56. The first-order chi connectivity index (χ1) is 12.6. The van der Waals surface area contributed by atoms with Gasteiger partial charge in [0.25, 0.3) is 0 Å². The van der Waals surface area contributed by atoms with Crippen molar-refractivity contribution in [2.24, 2.45) is 0 Å². The van der Waals surface area contributed by atoms with Gasteiger partial charge in [-0.25, -0.2) is 4.79 Å². The minimum atomic E-state index is -0.220. The summed E-state index contributed by atoms with van der Waals surface area (Å²) in [6.45, 7) is 0.574. The van der Waals surface area contributed by atoms with Crippen LogP contribution in [0.15, 0.2) is 42.5 Å². The molecule has 2 N–H and O–H groups in total. The molecule has 6 nitrogen and oxygen atoms in total. The van der Waals surface area contributed by atoms with Crippen molar-refractivity contribution < 1.29 is 19.0 Å². The molecular weight excluding hydrogens is 332 g/mol. The number of carbonyl (C=O) groups excluding carboxylic acids is 1. The molecule has 26 heavy (non-hydrogen) atoms. The van der Waals surface area contributed by atoms with Gasteiger partial charge in [-0.3, -0.25) is 0 Å². The number of rotatable bonds is 7. The summed E-state index contributed by atoms with van der Waals surface area (Å²) in [5, 5.41) is 5.81. The van der Waals surface area contributed by atoms with E-state index < -0.39 is 0 Å². The fourth-order valence-corrected chi connectivity index (χ4v) is 2.98. The molecule has 0 unspecified atom stereocenters. The quantitative estimate of drug-likeness (QED) is 0.796. The summed E-state index contributed by atoms with van der Waals surface area (Å²) in [5.74, 6) is 2.16. The Kier molecular flexibility index (Phi) is 5.21. The van der Waals surface area contributed by atoms with Gasteiger partial charge in [-0.05, 0) is 54.8 Å². The summed E-state index contributed by atoms with van der Waals surface area (Å²) >= 11 is 0. The van der Waals surface area contributed by atoms with Crippen molar-refractivity contribution in [3.05, 3.63) is 48.0 Å². The van der Waals surface area contributed by atoms with Crippen molar-refractivity contribution >= 4 is 11.7 Å². The van der Waals surface area contributed by atoms with Gasteiger partial charge < -0.3 is 24.8 Å². The lowest BCUT2D eigenvalue weighted by atomic mass is 9.95. The highest BCUT2D eigenvalue weighted by Gasteiger charge is 2.44. The zero-order chi connectivity index (χ0) is 18.6. The Morgan fingerprint density at radius 1 is 0.962 bits per heavy atom. The van der Waals surface area contributed by atoms with E-state index in [1.807, 2.05) is 30.3 Å². The van der Waals surface area contributed by atoms with E-state index in [2.05, 4.69) is 10.6 Å². The second-order valence-electron chi connectivity index (χ2n) is 6.39. The Morgan fingerprint density at radius 3 is 2.23 bits per heavy atom. The molecule has 0 aromatic heterocycles. The molecule has 0 spiro atoms. The van der Waals surface area contributed by atoms with Crippen LogP contribution in [0.4, 0.5) is 10.5 Å². The second-order valence-corrected chi connectivity index (χ2v) is 6.39. The van der Waals surface area contributed by atoms with Crippen LogP contribution in [0, 0.1) is 0 Å². The van der Waals surface area contributed by atoms with Crippen molar-refractivity contribution in [3.8, 4) is 17.2 Å². The van der Waals surface area contributed by atoms with Crippen LogP contribution in [-0.2, 0) is 5.41 Å². The normalized spacial score (nSPS) is 14.3. The number of urea groups is 1. The van der Waals surface area contributed by atoms with Crippen LogP contribution in [0.3, 0.4) is 0 Å². The lowest BCUT2D eigenvalue weighted by Gasteiger charge is -2.19. The van der Waals surface area contributed by atoms with Gasteiger partial charge in [0.15, 0.2) is 11.5 Å². The van der Waals surface area contributed by atoms with E-state index in [4.69, 9.17) is 14.2 Å². The molecule has 0 atom stereocenters. The molecular formula is C20H24N2O4. The summed E-state index contributed by atoms with van der Waals surface area (Å²) in [5.41, 5.74) is 1.84. The summed E-state index contributed by atoms with van der Waals surface area (Å²) in [4.78, 5) is 12.2. The molecule has 138 valence electrons.